The number of ether oxygens (including phenoxy) is 1. The number of amides is 1. The molecular weight excluding hydrogens is 384 g/mol. The van der Waals surface area contributed by atoms with Crippen molar-refractivity contribution < 1.29 is 14.3 Å². The van der Waals surface area contributed by atoms with E-state index >= 15 is 0 Å². The Morgan fingerprint density at radius 3 is 2.85 bits per heavy atom. The molecule has 1 amide bonds. The molecule has 0 fully saturated rings. The number of benzene rings is 1. The van der Waals surface area contributed by atoms with Gasteiger partial charge in [-0.3, -0.25) is 4.79 Å². The summed E-state index contributed by atoms with van der Waals surface area (Å²) in [5.74, 6) is -0.848. The zero-order valence-corrected chi connectivity index (χ0v) is 16.5. The fraction of sp³-hybridized carbons (Fsp3) is 0.350. The number of hydrogen-bond acceptors (Lipinski definition) is 5. The Labute approximate surface area is 167 Å². The Bertz CT molecular complexity index is 895. The van der Waals surface area contributed by atoms with Crippen LogP contribution in [-0.4, -0.2) is 25.0 Å². The Balaban J connectivity index is 1.67. The van der Waals surface area contributed by atoms with E-state index in [1.807, 2.05) is 19.1 Å². The van der Waals surface area contributed by atoms with Crippen molar-refractivity contribution in [3.05, 3.63) is 50.2 Å². The third-order valence-electron chi connectivity index (χ3n) is 4.48. The molecule has 1 aromatic heterocycles. The smallest absolute Gasteiger partial charge is 0.348 e. The van der Waals surface area contributed by atoms with E-state index in [0.29, 0.717) is 15.6 Å². The molecule has 1 aliphatic rings. The van der Waals surface area contributed by atoms with E-state index < -0.39 is 5.97 Å². The fourth-order valence-electron chi connectivity index (χ4n) is 3.06. The summed E-state index contributed by atoms with van der Waals surface area (Å²) in [6, 6.07) is 9.11. The molecule has 0 N–H and O–H groups in total. The number of carbonyl (C=O) groups is 2. The van der Waals surface area contributed by atoms with Gasteiger partial charge in [-0.1, -0.05) is 11.6 Å². The fourth-order valence-corrected chi connectivity index (χ4v) is 4.33. The minimum absolute atomic E-state index is 0.180. The van der Waals surface area contributed by atoms with Gasteiger partial charge in [-0.05, 0) is 61.6 Å². The van der Waals surface area contributed by atoms with Crippen molar-refractivity contribution in [1.82, 2.24) is 0 Å². The van der Waals surface area contributed by atoms with Gasteiger partial charge in [0.05, 0.1) is 12.5 Å². The lowest BCUT2D eigenvalue weighted by Gasteiger charge is -2.22. The Morgan fingerprint density at radius 1 is 1.33 bits per heavy atom. The molecule has 1 aromatic carbocycles. The highest BCUT2D eigenvalue weighted by molar-refractivity contribution is 7.14. The molecule has 0 bridgehead atoms. The second kappa shape index (κ2) is 8.55. The zero-order valence-electron chi connectivity index (χ0n) is 15.0. The predicted molar refractivity (Wildman–Crippen MR) is 105 cm³/mol. The van der Waals surface area contributed by atoms with Crippen LogP contribution in [0.2, 0.25) is 5.02 Å². The van der Waals surface area contributed by atoms with Crippen LogP contribution in [0.5, 0.6) is 0 Å². The number of carbonyl (C=O) groups excluding carboxylic acids is 2. The summed E-state index contributed by atoms with van der Waals surface area (Å²) >= 11 is 7.49. The van der Waals surface area contributed by atoms with Gasteiger partial charge in [-0.25, -0.2) is 4.79 Å². The summed E-state index contributed by atoms with van der Waals surface area (Å²) in [5.41, 5.74) is 2.67. The summed E-state index contributed by atoms with van der Waals surface area (Å²) in [7, 11) is 0. The number of nitrogens with zero attached hydrogens (tertiary/aromatic N) is 2. The van der Waals surface area contributed by atoms with E-state index in [0.717, 1.165) is 24.8 Å². The van der Waals surface area contributed by atoms with Gasteiger partial charge in [0, 0.05) is 22.1 Å². The summed E-state index contributed by atoms with van der Waals surface area (Å²) in [4.78, 5) is 28.1. The average molecular weight is 403 g/mol. The van der Waals surface area contributed by atoms with Gasteiger partial charge < -0.3 is 9.64 Å². The highest BCUT2D eigenvalue weighted by atomic mass is 35.5. The normalized spacial score (nSPS) is 12.3. The first-order chi connectivity index (χ1) is 13.0. The van der Waals surface area contributed by atoms with Crippen LogP contribution in [0.15, 0.2) is 24.3 Å². The van der Waals surface area contributed by atoms with Crippen LogP contribution in [-0.2, 0) is 22.4 Å². The van der Waals surface area contributed by atoms with E-state index in [4.69, 9.17) is 21.6 Å². The van der Waals surface area contributed by atoms with E-state index in [1.165, 1.54) is 26.7 Å². The first-order valence-electron chi connectivity index (χ1n) is 8.71. The number of nitriles is 1. The number of hydrogen-bond donors (Lipinski definition) is 0. The monoisotopic (exact) mass is 402 g/mol. The van der Waals surface area contributed by atoms with Crippen molar-refractivity contribution in [3.8, 4) is 6.07 Å². The van der Waals surface area contributed by atoms with Crippen LogP contribution in [0, 0.1) is 18.3 Å². The number of thiophene rings is 1. The van der Waals surface area contributed by atoms with Crippen LogP contribution in [0.3, 0.4) is 0 Å². The third kappa shape index (κ3) is 4.49. The molecule has 0 radical (unpaired) electrons. The first-order valence-corrected chi connectivity index (χ1v) is 9.91. The highest BCUT2D eigenvalue weighted by Crippen LogP contribution is 2.31. The second-order valence-corrected chi connectivity index (χ2v) is 7.92. The molecule has 1 aliphatic carbocycles. The Morgan fingerprint density at radius 2 is 2.15 bits per heavy atom. The SMILES string of the molecule is Cc1cc(N(CCC#N)C(=O)COC(=O)c2cc3c(s2)CCC3)ccc1Cl. The molecule has 0 aliphatic heterocycles. The number of esters is 1. The van der Waals surface area contributed by atoms with Gasteiger partial charge in [-0.2, -0.15) is 5.26 Å². The predicted octanol–water partition coefficient (Wildman–Crippen LogP) is 4.30. The van der Waals surface area contributed by atoms with Gasteiger partial charge in [0.15, 0.2) is 6.61 Å². The van der Waals surface area contributed by atoms with Gasteiger partial charge in [0.1, 0.15) is 4.88 Å². The van der Waals surface area contributed by atoms with Crippen LogP contribution in [0.25, 0.3) is 0 Å². The Hall–Kier alpha value is -2.36. The number of rotatable bonds is 6. The van der Waals surface area contributed by atoms with Crippen molar-refractivity contribution in [1.29, 1.82) is 5.26 Å². The number of halogens is 1. The van der Waals surface area contributed by atoms with Gasteiger partial charge in [0.2, 0.25) is 0 Å². The van der Waals surface area contributed by atoms with Crippen molar-refractivity contribution in [3.63, 3.8) is 0 Å². The lowest BCUT2D eigenvalue weighted by atomic mass is 10.2. The van der Waals surface area contributed by atoms with Crippen LogP contribution in [0.4, 0.5) is 5.69 Å². The molecule has 27 heavy (non-hydrogen) atoms. The summed E-state index contributed by atoms with van der Waals surface area (Å²) < 4.78 is 5.23. The highest BCUT2D eigenvalue weighted by Gasteiger charge is 2.22. The summed E-state index contributed by atoms with van der Waals surface area (Å²) in [5, 5.41) is 9.47. The molecule has 140 valence electrons. The van der Waals surface area contributed by atoms with Crippen LogP contribution in [0.1, 0.15) is 38.5 Å². The molecular formula is C20H19ClN2O3S. The minimum atomic E-state index is -0.477. The van der Waals surface area contributed by atoms with E-state index in [1.54, 1.807) is 18.2 Å². The molecule has 1 heterocycles. The van der Waals surface area contributed by atoms with Crippen LogP contribution >= 0.6 is 22.9 Å². The third-order valence-corrected chi connectivity index (χ3v) is 6.12. The lowest BCUT2D eigenvalue weighted by molar-refractivity contribution is -0.121. The van der Waals surface area contributed by atoms with Crippen molar-refractivity contribution in [2.24, 2.45) is 0 Å². The van der Waals surface area contributed by atoms with Gasteiger partial charge in [-0.15, -0.1) is 11.3 Å². The van der Waals surface area contributed by atoms with Gasteiger partial charge in [0.25, 0.3) is 5.91 Å². The van der Waals surface area contributed by atoms with Crippen molar-refractivity contribution in [2.45, 2.75) is 32.6 Å². The van der Waals surface area contributed by atoms with Crippen molar-refractivity contribution in [2.75, 3.05) is 18.1 Å². The second-order valence-electron chi connectivity index (χ2n) is 6.38. The summed E-state index contributed by atoms with van der Waals surface area (Å²) in [6.45, 7) is 1.70. The van der Waals surface area contributed by atoms with Gasteiger partial charge >= 0.3 is 5.97 Å². The van der Waals surface area contributed by atoms with Crippen molar-refractivity contribution >= 4 is 40.5 Å². The maximum atomic E-state index is 12.6. The number of anilines is 1. The maximum absolute atomic E-state index is 12.6. The topological polar surface area (TPSA) is 70.4 Å². The minimum Gasteiger partial charge on any atom is -0.451 e. The lowest BCUT2D eigenvalue weighted by Crippen LogP contribution is -2.35. The van der Waals surface area contributed by atoms with E-state index in [-0.39, 0.29) is 25.5 Å². The number of aryl methyl sites for hydroxylation is 3. The molecule has 0 saturated heterocycles. The summed E-state index contributed by atoms with van der Waals surface area (Å²) in [6.07, 6.45) is 3.31. The molecule has 7 heteroatoms. The Kier molecular flexibility index (Phi) is 6.15. The zero-order chi connectivity index (χ0) is 19.4. The molecule has 0 saturated carbocycles. The molecule has 3 rings (SSSR count). The van der Waals surface area contributed by atoms with E-state index in [2.05, 4.69) is 0 Å². The van der Waals surface area contributed by atoms with E-state index in [9.17, 15) is 9.59 Å². The number of fused-ring (bicyclic) bond motifs is 1. The quantitative estimate of drug-likeness (QED) is 0.675. The molecule has 5 nitrogen and oxygen atoms in total. The largest absolute Gasteiger partial charge is 0.451 e. The standard InChI is InChI=1S/C20H19ClN2O3S/c1-13-10-15(6-7-16(13)21)23(9-3-8-22)19(24)12-26-20(25)18-11-14-4-2-5-17(14)27-18/h6-7,10-11H,2-5,9,12H2,1H3. The molecule has 2 aromatic rings. The molecule has 0 atom stereocenters. The first kappa shape index (κ1) is 19.4. The van der Waals surface area contributed by atoms with Crippen LogP contribution < -0.4 is 4.90 Å². The maximum Gasteiger partial charge on any atom is 0.348 e. The molecule has 0 unspecified atom stereocenters. The average Bonchev–Trinajstić information content (AvgIpc) is 3.25. The molecule has 0 spiro atoms.